The van der Waals surface area contributed by atoms with Gasteiger partial charge in [0, 0.05) is 13.3 Å². The number of nitrogens with zero attached hydrogens (tertiary/aromatic N) is 3. The summed E-state index contributed by atoms with van der Waals surface area (Å²) in [5.74, 6) is 0.0859. The van der Waals surface area contributed by atoms with Crippen molar-refractivity contribution >= 4 is 15.7 Å². The number of carbonyl (C=O) groups is 1. The van der Waals surface area contributed by atoms with Gasteiger partial charge in [0.05, 0.1) is 17.8 Å². The molecule has 0 aromatic carbocycles. The number of aryl methyl sites for hydroxylation is 1. The first-order valence-electron chi connectivity index (χ1n) is 5.78. The number of sulfone groups is 1. The van der Waals surface area contributed by atoms with Crippen LogP contribution < -0.4 is 11.1 Å². The summed E-state index contributed by atoms with van der Waals surface area (Å²) in [4.78, 5) is 11.8. The maximum Gasteiger partial charge on any atom is 0.237 e. The van der Waals surface area contributed by atoms with Crippen LogP contribution in [0, 0.1) is 0 Å². The van der Waals surface area contributed by atoms with Gasteiger partial charge in [-0.15, -0.1) is 10.2 Å². The van der Waals surface area contributed by atoms with Crippen LogP contribution in [-0.4, -0.2) is 47.1 Å². The Morgan fingerprint density at radius 2 is 2.21 bits per heavy atom. The molecule has 108 valence electrons. The molecule has 1 aromatic heterocycles. The first-order valence-corrected chi connectivity index (χ1v) is 7.84. The molecular weight excluding hydrogens is 270 g/mol. The lowest BCUT2D eigenvalue weighted by molar-refractivity contribution is -0.123. The molecule has 2 atom stereocenters. The van der Waals surface area contributed by atoms with E-state index in [0.717, 1.165) is 6.26 Å². The van der Waals surface area contributed by atoms with E-state index >= 15 is 0 Å². The van der Waals surface area contributed by atoms with E-state index in [1.54, 1.807) is 18.5 Å². The van der Waals surface area contributed by atoms with E-state index in [0.29, 0.717) is 5.82 Å². The van der Waals surface area contributed by atoms with Crippen molar-refractivity contribution in [2.24, 2.45) is 12.8 Å². The first-order chi connectivity index (χ1) is 8.70. The summed E-state index contributed by atoms with van der Waals surface area (Å²) in [6, 6.07) is -1.20. The van der Waals surface area contributed by atoms with Crippen LogP contribution in [-0.2, 0) is 21.7 Å². The smallest absolute Gasteiger partial charge is 0.237 e. The van der Waals surface area contributed by atoms with Crippen molar-refractivity contribution in [1.82, 2.24) is 20.1 Å². The molecule has 0 saturated heterocycles. The fraction of sp³-hybridized carbons (Fsp3) is 0.700. The molecule has 19 heavy (non-hydrogen) atoms. The molecule has 1 amide bonds. The standard InChI is InChI=1S/C10H19N5O3S/c1-7(9-14-12-6-15(9)2)13-10(16)8(11)4-5-19(3,17)18/h6-8H,4-5,11H2,1-3H3,(H,13,16). The van der Waals surface area contributed by atoms with Crippen molar-refractivity contribution in [3.8, 4) is 0 Å². The number of nitrogens with two attached hydrogens (primary N) is 1. The topological polar surface area (TPSA) is 120 Å². The molecule has 0 radical (unpaired) electrons. The van der Waals surface area contributed by atoms with Gasteiger partial charge in [0.2, 0.25) is 5.91 Å². The molecule has 0 aliphatic heterocycles. The van der Waals surface area contributed by atoms with Crippen molar-refractivity contribution in [2.75, 3.05) is 12.0 Å². The number of aromatic nitrogens is 3. The van der Waals surface area contributed by atoms with Crippen LogP contribution in [0.15, 0.2) is 6.33 Å². The zero-order valence-electron chi connectivity index (χ0n) is 11.2. The summed E-state index contributed by atoms with van der Waals surface area (Å²) in [5.41, 5.74) is 5.64. The van der Waals surface area contributed by atoms with Gasteiger partial charge < -0.3 is 15.6 Å². The van der Waals surface area contributed by atoms with Gasteiger partial charge in [0.15, 0.2) is 5.82 Å². The van der Waals surface area contributed by atoms with E-state index in [1.165, 1.54) is 6.33 Å². The molecule has 2 unspecified atom stereocenters. The minimum atomic E-state index is -3.12. The Labute approximate surface area is 112 Å². The molecule has 1 aromatic rings. The molecule has 0 spiro atoms. The third-order valence-corrected chi connectivity index (χ3v) is 3.61. The van der Waals surface area contributed by atoms with Gasteiger partial charge in [-0.3, -0.25) is 4.79 Å². The Morgan fingerprint density at radius 1 is 1.58 bits per heavy atom. The van der Waals surface area contributed by atoms with Crippen molar-refractivity contribution in [3.05, 3.63) is 12.2 Å². The van der Waals surface area contributed by atoms with Crippen molar-refractivity contribution < 1.29 is 13.2 Å². The quantitative estimate of drug-likeness (QED) is 0.675. The van der Waals surface area contributed by atoms with Crippen LogP contribution in [0.3, 0.4) is 0 Å². The predicted molar refractivity (Wildman–Crippen MR) is 69.9 cm³/mol. The zero-order valence-corrected chi connectivity index (χ0v) is 12.0. The second-order valence-electron chi connectivity index (χ2n) is 4.56. The van der Waals surface area contributed by atoms with Gasteiger partial charge in [-0.1, -0.05) is 0 Å². The number of hydrogen-bond donors (Lipinski definition) is 2. The fourth-order valence-corrected chi connectivity index (χ4v) is 2.22. The number of rotatable bonds is 6. The number of nitrogens with one attached hydrogen (secondary N) is 1. The van der Waals surface area contributed by atoms with Gasteiger partial charge in [-0.2, -0.15) is 0 Å². The third-order valence-electron chi connectivity index (χ3n) is 2.63. The van der Waals surface area contributed by atoms with Gasteiger partial charge in [-0.25, -0.2) is 8.42 Å². The first kappa shape index (κ1) is 15.6. The lowest BCUT2D eigenvalue weighted by Gasteiger charge is -2.16. The summed E-state index contributed by atoms with van der Waals surface area (Å²) >= 11 is 0. The predicted octanol–water partition coefficient (Wildman–Crippen LogP) is -1.25. The zero-order chi connectivity index (χ0) is 14.6. The molecular formula is C10H19N5O3S. The lowest BCUT2D eigenvalue weighted by atomic mass is 10.2. The van der Waals surface area contributed by atoms with Crippen molar-refractivity contribution in [1.29, 1.82) is 0 Å². The van der Waals surface area contributed by atoms with E-state index in [1.807, 2.05) is 0 Å². The number of hydrogen-bond acceptors (Lipinski definition) is 6. The Bertz CT molecular complexity index is 539. The van der Waals surface area contributed by atoms with Crippen LogP contribution in [0.5, 0.6) is 0 Å². The average Bonchev–Trinajstić information content (AvgIpc) is 2.71. The SMILES string of the molecule is CC(NC(=O)C(N)CCS(C)(=O)=O)c1nncn1C. The van der Waals surface area contributed by atoms with Gasteiger partial charge in [-0.05, 0) is 13.3 Å². The van der Waals surface area contributed by atoms with Crippen molar-refractivity contribution in [2.45, 2.75) is 25.4 Å². The molecule has 3 N–H and O–H groups in total. The number of carbonyl (C=O) groups excluding carboxylic acids is 1. The Kier molecular flexibility index (Phi) is 5.01. The molecule has 0 bridgehead atoms. The molecule has 0 fully saturated rings. The van der Waals surface area contributed by atoms with Crippen LogP contribution >= 0.6 is 0 Å². The highest BCUT2D eigenvalue weighted by molar-refractivity contribution is 7.90. The van der Waals surface area contributed by atoms with E-state index in [-0.39, 0.29) is 18.2 Å². The molecule has 8 nitrogen and oxygen atoms in total. The highest BCUT2D eigenvalue weighted by Crippen LogP contribution is 2.07. The highest BCUT2D eigenvalue weighted by Gasteiger charge is 2.20. The molecule has 0 aliphatic carbocycles. The second-order valence-corrected chi connectivity index (χ2v) is 6.82. The maximum absolute atomic E-state index is 11.8. The van der Waals surface area contributed by atoms with E-state index in [2.05, 4.69) is 15.5 Å². The number of amides is 1. The van der Waals surface area contributed by atoms with Gasteiger partial charge in [0.1, 0.15) is 16.2 Å². The normalized spacial score (nSPS) is 14.9. The maximum atomic E-state index is 11.8. The highest BCUT2D eigenvalue weighted by atomic mass is 32.2. The molecule has 1 heterocycles. The molecule has 9 heteroatoms. The minimum Gasteiger partial charge on any atom is -0.345 e. The monoisotopic (exact) mass is 289 g/mol. The summed E-state index contributed by atoms with van der Waals surface area (Å²) < 4.78 is 23.7. The molecule has 0 saturated carbocycles. The van der Waals surface area contributed by atoms with Crippen LogP contribution in [0.25, 0.3) is 0 Å². The van der Waals surface area contributed by atoms with E-state index < -0.39 is 21.8 Å². The summed E-state index contributed by atoms with van der Waals surface area (Å²) in [5, 5.41) is 10.3. The third kappa shape index (κ3) is 4.95. The van der Waals surface area contributed by atoms with Crippen molar-refractivity contribution in [3.63, 3.8) is 0 Å². The van der Waals surface area contributed by atoms with E-state index in [9.17, 15) is 13.2 Å². The van der Waals surface area contributed by atoms with Gasteiger partial charge in [0.25, 0.3) is 0 Å². The second kappa shape index (κ2) is 6.11. The Hall–Kier alpha value is -1.48. The largest absolute Gasteiger partial charge is 0.345 e. The Morgan fingerprint density at radius 3 is 2.68 bits per heavy atom. The van der Waals surface area contributed by atoms with Crippen LogP contribution in [0.2, 0.25) is 0 Å². The average molecular weight is 289 g/mol. The summed E-state index contributed by atoms with van der Waals surface area (Å²) in [7, 11) is -1.35. The minimum absolute atomic E-state index is 0.0935. The van der Waals surface area contributed by atoms with E-state index in [4.69, 9.17) is 5.73 Å². The van der Waals surface area contributed by atoms with Crippen LogP contribution in [0.1, 0.15) is 25.2 Å². The lowest BCUT2D eigenvalue weighted by Crippen LogP contribution is -2.43. The molecule has 1 rings (SSSR count). The summed E-state index contributed by atoms with van der Waals surface area (Å²) in [6.07, 6.45) is 2.73. The summed E-state index contributed by atoms with van der Waals surface area (Å²) in [6.45, 7) is 1.76. The molecule has 0 aliphatic rings. The Balaban J connectivity index is 2.53. The van der Waals surface area contributed by atoms with Gasteiger partial charge >= 0.3 is 0 Å². The van der Waals surface area contributed by atoms with Crippen LogP contribution in [0.4, 0.5) is 0 Å². The fourth-order valence-electron chi connectivity index (χ4n) is 1.54.